The second-order valence-electron chi connectivity index (χ2n) is 9.50. The van der Waals surface area contributed by atoms with E-state index in [2.05, 4.69) is 10.3 Å². The van der Waals surface area contributed by atoms with E-state index in [0.717, 1.165) is 24.6 Å². The Kier molecular flexibility index (Phi) is 5.52. The summed E-state index contributed by atoms with van der Waals surface area (Å²) in [5.41, 5.74) is 2.98. The van der Waals surface area contributed by atoms with Crippen molar-refractivity contribution >= 4 is 34.8 Å². The van der Waals surface area contributed by atoms with Crippen molar-refractivity contribution in [3.05, 3.63) is 58.6 Å². The number of benzene rings is 1. The van der Waals surface area contributed by atoms with Crippen LogP contribution in [0.5, 0.6) is 5.75 Å². The van der Waals surface area contributed by atoms with Crippen LogP contribution in [0.25, 0.3) is 16.7 Å². The van der Waals surface area contributed by atoms with Gasteiger partial charge in [0.1, 0.15) is 17.1 Å². The third-order valence-corrected chi connectivity index (χ3v) is 7.05. The molecule has 182 valence electrons. The monoisotopic (exact) mass is 476 g/mol. The van der Waals surface area contributed by atoms with Crippen molar-refractivity contribution in [3.8, 4) is 5.75 Å². The van der Waals surface area contributed by atoms with Crippen LogP contribution in [-0.4, -0.2) is 59.3 Å². The van der Waals surface area contributed by atoms with Crippen LogP contribution in [0, 0.1) is 24.7 Å². The maximum Gasteiger partial charge on any atom is 0.255 e. The molecule has 2 aromatic heterocycles. The maximum atomic E-state index is 13.1. The molecule has 4 N–H and O–H groups in total. The lowest BCUT2D eigenvalue weighted by atomic mass is 9.62. The van der Waals surface area contributed by atoms with Gasteiger partial charge in [-0.2, -0.15) is 0 Å². The van der Waals surface area contributed by atoms with Gasteiger partial charge in [-0.25, -0.2) is 0 Å². The van der Waals surface area contributed by atoms with Gasteiger partial charge in [-0.3, -0.25) is 9.59 Å². The molecular weight excluding hydrogens is 448 g/mol. The van der Waals surface area contributed by atoms with Crippen molar-refractivity contribution in [2.24, 2.45) is 5.41 Å². The topological polar surface area (TPSA) is 132 Å². The molecule has 1 aromatic carbocycles. The Morgan fingerprint density at radius 1 is 1.31 bits per heavy atom. The number of likely N-dealkylation sites (tertiary alicyclic amines) is 1. The number of furan rings is 1. The molecule has 0 bridgehead atoms. The Hall–Kier alpha value is -3.85. The number of fused-ring (bicyclic) bond motifs is 1. The first-order valence-corrected chi connectivity index (χ1v) is 11.5. The summed E-state index contributed by atoms with van der Waals surface area (Å²) in [7, 11) is 1.57. The lowest BCUT2D eigenvalue weighted by Crippen LogP contribution is -2.65. The first kappa shape index (κ1) is 22.9. The number of ether oxygens (including phenoxy) is 1. The number of hydrogen-bond donors (Lipinski definition) is 4. The summed E-state index contributed by atoms with van der Waals surface area (Å²) in [6.45, 7) is 4.92. The summed E-state index contributed by atoms with van der Waals surface area (Å²) >= 11 is 0. The Balaban J connectivity index is 1.37. The number of hydrogen-bond acceptors (Lipinski definition) is 6. The molecule has 2 amide bonds. The Morgan fingerprint density at radius 2 is 2.06 bits per heavy atom. The van der Waals surface area contributed by atoms with Gasteiger partial charge in [0.15, 0.2) is 5.76 Å². The van der Waals surface area contributed by atoms with Gasteiger partial charge in [0.2, 0.25) is 0 Å². The van der Waals surface area contributed by atoms with Crippen LogP contribution in [0.4, 0.5) is 0 Å². The van der Waals surface area contributed by atoms with Crippen LogP contribution in [0.3, 0.4) is 0 Å². The fraction of sp³-hybridized carbons (Fsp3) is 0.346. The standard InChI is InChI=1S/C26H28N4O5/c1-14-19(25(33)30-12-26(13-30)9-16(31)10-26)11-29-23(14)20(6-7-27)35-17-4-5-18-21(8-17)34-15(2)22(18)24(32)28-3/h4-8,11,16,27,29,31H,9-10,12-13H2,1-3H3,(H,28,32)/b20-6+,27-7?. The summed E-state index contributed by atoms with van der Waals surface area (Å²) in [4.78, 5) is 30.2. The second kappa shape index (κ2) is 8.42. The Bertz CT molecular complexity index is 1370. The highest BCUT2D eigenvalue weighted by Gasteiger charge is 2.53. The van der Waals surface area contributed by atoms with Crippen LogP contribution in [-0.2, 0) is 0 Å². The number of aliphatic hydroxyl groups excluding tert-OH is 1. The van der Waals surface area contributed by atoms with Crippen LogP contribution < -0.4 is 10.1 Å². The van der Waals surface area contributed by atoms with Crippen molar-refractivity contribution in [2.45, 2.75) is 32.8 Å². The molecule has 0 radical (unpaired) electrons. The molecule has 2 fully saturated rings. The molecule has 2 aliphatic rings. The van der Waals surface area contributed by atoms with E-state index in [1.807, 2.05) is 11.8 Å². The van der Waals surface area contributed by atoms with E-state index in [1.165, 1.54) is 6.08 Å². The molecule has 1 saturated carbocycles. The first-order valence-electron chi connectivity index (χ1n) is 11.5. The predicted octanol–water partition coefficient (Wildman–Crippen LogP) is 3.40. The average molecular weight is 477 g/mol. The molecule has 1 aliphatic carbocycles. The van der Waals surface area contributed by atoms with Crippen molar-refractivity contribution in [1.82, 2.24) is 15.2 Å². The molecule has 1 spiro atoms. The van der Waals surface area contributed by atoms with Crippen LogP contribution in [0.2, 0.25) is 0 Å². The number of nitrogens with one attached hydrogen (secondary N) is 3. The normalized spacial score (nSPS) is 17.3. The summed E-state index contributed by atoms with van der Waals surface area (Å²) in [6, 6.07) is 5.20. The molecule has 3 heterocycles. The smallest absolute Gasteiger partial charge is 0.255 e. The minimum atomic E-state index is -0.237. The molecule has 9 heteroatoms. The molecule has 3 aromatic rings. The van der Waals surface area contributed by atoms with Crippen LogP contribution in [0.1, 0.15) is 50.6 Å². The lowest BCUT2D eigenvalue weighted by molar-refractivity contribution is -0.113. The number of aromatic nitrogens is 1. The van der Waals surface area contributed by atoms with E-state index >= 15 is 0 Å². The number of H-pyrrole nitrogens is 1. The van der Waals surface area contributed by atoms with Gasteiger partial charge in [0.05, 0.1) is 22.9 Å². The van der Waals surface area contributed by atoms with Crippen molar-refractivity contribution in [3.63, 3.8) is 0 Å². The predicted molar refractivity (Wildman–Crippen MR) is 131 cm³/mol. The molecule has 0 unspecified atom stereocenters. The summed E-state index contributed by atoms with van der Waals surface area (Å²) in [5.74, 6) is 1.09. The van der Waals surface area contributed by atoms with E-state index in [-0.39, 0.29) is 23.3 Å². The quantitative estimate of drug-likeness (QED) is 0.320. The minimum absolute atomic E-state index is 0.0552. The third kappa shape index (κ3) is 3.81. The van der Waals surface area contributed by atoms with E-state index in [0.29, 0.717) is 58.1 Å². The number of aromatic amines is 1. The molecule has 35 heavy (non-hydrogen) atoms. The van der Waals surface area contributed by atoms with E-state index in [1.54, 1.807) is 38.4 Å². The highest BCUT2D eigenvalue weighted by molar-refractivity contribution is 6.07. The van der Waals surface area contributed by atoms with E-state index < -0.39 is 0 Å². The minimum Gasteiger partial charge on any atom is -0.460 e. The third-order valence-electron chi connectivity index (χ3n) is 7.05. The zero-order valence-corrected chi connectivity index (χ0v) is 19.9. The summed E-state index contributed by atoms with van der Waals surface area (Å²) in [6.07, 6.45) is 5.59. The molecule has 1 aliphatic heterocycles. The number of carbonyl (C=O) groups excluding carboxylic acids is 2. The molecule has 9 nitrogen and oxygen atoms in total. The van der Waals surface area contributed by atoms with E-state index in [4.69, 9.17) is 14.6 Å². The number of aryl methyl sites for hydroxylation is 1. The number of carbonyl (C=O) groups is 2. The highest BCUT2D eigenvalue weighted by Crippen LogP contribution is 2.48. The van der Waals surface area contributed by atoms with Gasteiger partial charge in [-0.05, 0) is 44.4 Å². The molecule has 0 atom stereocenters. The van der Waals surface area contributed by atoms with Gasteiger partial charge in [-0.15, -0.1) is 0 Å². The number of aliphatic hydroxyl groups is 1. The fourth-order valence-corrected chi connectivity index (χ4v) is 5.29. The number of rotatable bonds is 6. The van der Waals surface area contributed by atoms with Gasteiger partial charge in [-0.1, -0.05) is 0 Å². The van der Waals surface area contributed by atoms with Gasteiger partial charge >= 0.3 is 0 Å². The SMILES string of the molecule is CNC(=O)c1c(C)oc2cc(O/C(=C/C=N)c3[nH]cc(C(=O)N4CC5(CC(O)C5)C4)c3C)ccc12. The highest BCUT2D eigenvalue weighted by atomic mass is 16.5. The van der Waals surface area contributed by atoms with Crippen molar-refractivity contribution in [2.75, 3.05) is 20.1 Å². The van der Waals surface area contributed by atoms with E-state index in [9.17, 15) is 14.7 Å². The fourth-order valence-electron chi connectivity index (χ4n) is 5.29. The van der Waals surface area contributed by atoms with Crippen molar-refractivity contribution in [1.29, 1.82) is 5.41 Å². The average Bonchev–Trinajstić information content (AvgIpc) is 3.32. The van der Waals surface area contributed by atoms with Crippen LogP contribution >= 0.6 is 0 Å². The zero-order valence-electron chi connectivity index (χ0n) is 19.9. The number of nitrogens with zero attached hydrogens (tertiary/aromatic N) is 1. The zero-order chi connectivity index (χ0) is 24.9. The number of allylic oxidation sites excluding steroid dienone is 1. The number of amides is 2. The van der Waals surface area contributed by atoms with Gasteiger partial charge < -0.3 is 34.9 Å². The van der Waals surface area contributed by atoms with Crippen molar-refractivity contribution < 1.29 is 23.8 Å². The van der Waals surface area contributed by atoms with Gasteiger partial charge in [0.25, 0.3) is 11.8 Å². The Morgan fingerprint density at radius 3 is 2.71 bits per heavy atom. The maximum absolute atomic E-state index is 13.1. The van der Waals surface area contributed by atoms with Crippen LogP contribution in [0.15, 0.2) is 34.9 Å². The largest absolute Gasteiger partial charge is 0.460 e. The first-order chi connectivity index (χ1) is 16.7. The lowest BCUT2D eigenvalue weighted by Gasteiger charge is -2.57. The summed E-state index contributed by atoms with van der Waals surface area (Å²) < 4.78 is 11.9. The summed E-state index contributed by atoms with van der Waals surface area (Å²) in [5, 5.41) is 20.5. The Labute approximate surface area is 202 Å². The molecular formula is C26H28N4O5. The molecule has 5 rings (SSSR count). The second-order valence-corrected chi connectivity index (χ2v) is 9.50. The van der Waals surface area contributed by atoms with Gasteiger partial charge in [0, 0.05) is 55.5 Å². The molecule has 1 saturated heterocycles.